The van der Waals surface area contributed by atoms with Crippen LogP contribution in [0.2, 0.25) is 0 Å². The summed E-state index contributed by atoms with van der Waals surface area (Å²) in [6, 6.07) is 0. The van der Waals surface area contributed by atoms with Gasteiger partial charge in [0.05, 0.1) is 0 Å². The Morgan fingerprint density at radius 2 is 1.07 bits per heavy atom. The summed E-state index contributed by atoms with van der Waals surface area (Å²) in [7, 11) is 0. The summed E-state index contributed by atoms with van der Waals surface area (Å²) in [6.07, 6.45) is 24.1. The molecule has 0 aromatic rings. The molecule has 0 saturated carbocycles. The average Bonchev–Trinajstić information content (AvgIpc) is 2.71. The van der Waals surface area contributed by atoms with Gasteiger partial charge in [0.25, 0.3) is 0 Å². The van der Waals surface area contributed by atoms with Crippen LogP contribution < -0.4 is 0 Å². The van der Waals surface area contributed by atoms with Crippen molar-refractivity contribution in [3.8, 4) is 0 Å². The highest BCUT2D eigenvalue weighted by Gasteiger charge is 2.15. The Bertz CT molecular complexity index is 288. The highest BCUT2D eigenvalue weighted by molar-refractivity contribution is 4.69. The molecule has 0 aliphatic heterocycles. The van der Waals surface area contributed by atoms with E-state index >= 15 is 0 Å². The van der Waals surface area contributed by atoms with Crippen molar-refractivity contribution in [2.45, 2.75) is 144 Å². The summed E-state index contributed by atoms with van der Waals surface area (Å²) < 4.78 is 0. The van der Waals surface area contributed by atoms with Crippen LogP contribution in [0.15, 0.2) is 0 Å². The van der Waals surface area contributed by atoms with Crippen LogP contribution in [0.4, 0.5) is 0 Å². The zero-order chi connectivity index (χ0) is 20.9. The lowest BCUT2D eigenvalue weighted by Gasteiger charge is -2.29. The first kappa shape index (κ1) is 28.0. The minimum absolute atomic E-state index is 0.921. The first-order chi connectivity index (χ1) is 13.7. The second kappa shape index (κ2) is 21.7. The predicted octanol–water partition coefficient (Wildman–Crippen LogP) is 9.25. The summed E-state index contributed by atoms with van der Waals surface area (Å²) in [5.74, 6) is 1.89. The van der Waals surface area contributed by atoms with E-state index in [1.807, 2.05) is 0 Å². The fourth-order valence-electron chi connectivity index (χ4n) is 4.58. The molecule has 0 radical (unpaired) electrons. The number of unbranched alkanes of at least 4 members (excludes halogenated alkanes) is 8. The van der Waals surface area contributed by atoms with Crippen LogP contribution in [-0.4, -0.2) is 24.5 Å². The van der Waals surface area contributed by atoms with Gasteiger partial charge in [-0.25, -0.2) is 0 Å². The molecule has 28 heavy (non-hydrogen) atoms. The first-order valence-corrected chi connectivity index (χ1v) is 13.4. The average molecular weight is 396 g/mol. The van der Waals surface area contributed by atoms with Gasteiger partial charge in [-0.2, -0.15) is 0 Å². The van der Waals surface area contributed by atoms with E-state index in [1.54, 1.807) is 0 Å². The molecule has 1 heteroatoms. The van der Waals surface area contributed by atoms with Gasteiger partial charge in [0.15, 0.2) is 0 Å². The second-order valence-electron chi connectivity index (χ2n) is 9.42. The Morgan fingerprint density at radius 3 is 1.71 bits per heavy atom. The summed E-state index contributed by atoms with van der Waals surface area (Å²) in [4.78, 5) is 2.87. The van der Waals surface area contributed by atoms with Gasteiger partial charge in [0.2, 0.25) is 0 Å². The summed E-state index contributed by atoms with van der Waals surface area (Å²) in [6.45, 7) is 15.8. The van der Waals surface area contributed by atoms with Crippen molar-refractivity contribution < 1.29 is 0 Å². The van der Waals surface area contributed by atoms with Crippen molar-refractivity contribution >= 4 is 0 Å². The SMILES string of the molecule is CCCCCCCCN(CCC(CCC)CCCCC)CC(CC)CCCC. The second-order valence-corrected chi connectivity index (χ2v) is 9.42. The number of nitrogens with zero attached hydrogens (tertiary/aromatic N) is 1. The molecule has 0 aliphatic rings. The Hall–Kier alpha value is -0.0400. The molecule has 0 amide bonds. The summed E-state index contributed by atoms with van der Waals surface area (Å²) in [5, 5.41) is 0. The van der Waals surface area contributed by atoms with E-state index in [4.69, 9.17) is 0 Å². The molecule has 0 heterocycles. The van der Waals surface area contributed by atoms with Gasteiger partial charge >= 0.3 is 0 Å². The van der Waals surface area contributed by atoms with Crippen molar-refractivity contribution in [2.75, 3.05) is 19.6 Å². The van der Waals surface area contributed by atoms with Gasteiger partial charge in [-0.1, -0.05) is 125 Å². The van der Waals surface area contributed by atoms with E-state index < -0.39 is 0 Å². The normalized spacial score (nSPS) is 13.9. The highest BCUT2D eigenvalue weighted by atomic mass is 15.1. The molecule has 0 N–H and O–H groups in total. The molecule has 0 spiro atoms. The van der Waals surface area contributed by atoms with Crippen LogP contribution in [0.1, 0.15) is 144 Å². The largest absolute Gasteiger partial charge is 0.303 e. The molecule has 2 unspecified atom stereocenters. The van der Waals surface area contributed by atoms with Crippen molar-refractivity contribution in [1.29, 1.82) is 0 Å². The Labute approximate surface area is 180 Å². The van der Waals surface area contributed by atoms with E-state index in [0.29, 0.717) is 0 Å². The van der Waals surface area contributed by atoms with Gasteiger partial charge in [0, 0.05) is 6.54 Å². The quantitative estimate of drug-likeness (QED) is 0.165. The van der Waals surface area contributed by atoms with Gasteiger partial charge < -0.3 is 4.90 Å². The standard InChI is InChI=1S/C27H57N/c1-6-11-14-15-16-18-23-28(25-26(10-5)20-13-8-3)24-22-27(19-9-4)21-17-12-7-2/h26-27H,6-25H2,1-5H3. The molecule has 170 valence electrons. The maximum absolute atomic E-state index is 2.87. The van der Waals surface area contributed by atoms with E-state index in [2.05, 4.69) is 39.5 Å². The fourth-order valence-corrected chi connectivity index (χ4v) is 4.58. The molecule has 0 saturated heterocycles. The maximum Gasteiger partial charge on any atom is 0.000956 e. The molecule has 2 atom stereocenters. The molecule has 0 rings (SSSR count). The predicted molar refractivity (Wildman–Crippen MR) is 130 cm³/mol. The van der Waals surface area contributed by atoms with E-state index in [0.717, 1.165) is 11.8 Å². The van der Waals surface area contributed by atoms with Gasteiger partial charge in [-0.05, 0) is 44.2 Å². The van der Waals surface area contributed by atoms with Crippen molar-refractivity contribution in [3.05, 3.63) is 0 Å². The van der Waals surface area contributed by atoms with Crippen LogP contribution >= 0.6 is 0 Å². The molecule has 0 fully saturated rings. The van der Waals surface area contributed by atoms with Crippen LogP contribution in [0.5, 0.6) is 0 Å². The highest BCUT2D eigenvalue weighted by Crippen LogP contribution is 2.21. The minimum Gasteiger partial charge on any atom is -0.303 e. The molecule has 0 aromatic carbocycles. The minimum atomic E-state index is 0.921. The van der Waals surface area contributed by atoms with Crippen molar-refractivity contribution in [2.24, 2.45) is 11.8 Å². The molecule has 1 nitrogen and oxygen atoms in total. The lowest BCUT2D eigenvalue weighted by molar-refractivity contribution is 0.196. The smallest absolute Gasteiger partial charge is 0.000956 e. The van der Waals surface area contributed by atoms with E-state index in [9.17, 15) is 0 Å². The zero-order valence-corrected chi connectivity index (χ0v) is 20.7. The topological polar surface area (TPSA) is 3.24 Å². The monoisotopic (exact) mass is 395 g/mol. The number of hydrogen-bond acceptors (Lipinski definition) is 1. The molecule has 0 bridgehead atoms. The lowest BCUT2D eigenvalue weighted by Crippen LogP contribution is -2.32. The Balaban J connectivity index is 4.48. The molecular formula is C27H57N. The van der Waals surface area contributed by atoms with Gasteiger partial charge in [-0.15, -0.1) is 0 Å². The van der Waals surface area contributed by atoms with Crippen molar-refractivity contribution in [1.82, 2.24) is 4.90 Å². The maximum atomic E-state index is 2.87. The zero-order valence-electron chi connectivity index (χ0n) is 20.7. The Kier molecular flexibility index (Phi) is 21.6. The van der Waals surface area contributed by atoms with Crippen molar-refractivity contribution in [3.63, 3.8) is 0 Å². The lowest BCUT2D eigenvalue weighted by atomic mass is 9.92. The van der Waals surface area contributed by atoms with Crippen LogP contribution in [-0.2, 0) is 0 Å². The van der Waals surface area contributed by atoms with Crippen LogP contribution in [0, 0.1) is 11.8 Å². The third kappa shape index (κ3) is 16.9. The number of rotatable bonds is 22. The fraction of sp³-hybridized carbons (Fsp3) is 1.00. The van der Waals surface area contributed by atoms with Gasteiger partial charge in [-0.3, -0.25) is 0 Å². The molecule has 0 aliphatic carbocycles. The molecule has 0 aromatic heterocycles. The third-order valence-electron chi connectivity index (χ3n) is 6.65. The van der Waals surface area contributed by atoms with Crippen LogP contribution in [0.3, 0.4) is 0 Å². The van der Waals surface area contributed by atoms with Gasteiger partial charge in [0.1, 0.15) is 0 Å². The summed E-state index contributed by atoms with van der Waals surface area (Å²) in [5.41, 5.74) is 0. The Morgan fingerprint density at radius 1 is 0.464 bits per heavy atom. The summed E-state index contributed by atoms with van der Waals surface area (Å²) >= 11 is 0. The third-order valence-corrected chi connectivity index (χ3v) is 6.65. The van der Waals surface area contributed by atoms with E-state index in [1.165, 1.54) is 129 Å². The molecular weight excluding hydrogens is 338 g/mol. The number of hydrogen-bond donors (Lipinski definition) is 0. The van der Waals surface area contributed by atoms with Crippen LogP contribution in [0.25, 0.3) is 0 Å². The van der Waals surface area contributed by atoms with E-state index in [-0.39, 0.29) is 0 Å². The first-order valence-electron chi connectivity index (χ1n) is 13.4.